The van der Waals surface area contributed by atoms with Crippen molar-refractivity contribution in [3.63, 3.8) is 0 Å². The number of rotatable bonds is 11. The molecular formula is C59H68F2N10O8. The van der Waals surface area contributed by atoms with Gasteiger partial charge in [0, 0.05) is 82.5 Å². The summed E-state index contributed by atoms with van der Waals surface area (Å²) in [6.07, 6.45) is 10.9. The van der Waals surface area contributed by atoms with Gasteiger partial charge in [0.25, 0.3) is 0 Å². The molecular weight excluding hydrogens is 1010 g/mol. The van der Waals surface area contributed by atoms with Crippen molar-refractivity contribution < 1.29 is 42.9 Å². The molecule has 1 aliphatic carbocycles. The molecule has 1 spiro atoms. The summed E-state index contributed by atoms with van der Waals surface area (Å²) >= 11 is 0. The van der Waals surface area contributed by atoms with Crippen molar-refractivity contribution in [1.82, 2.24) is 44.1 Å². The van der Waals surface area contributed by atoms with Gasteiger partial charge in [0.05, 0.1) is 27.6 Å². The van der Waals surface area contributed by atoms with Gasteiger partial charge in [-0.2, -0.15) is 9.97 Å². The number of anilines is 1. The van der Waals surface area contributed by atoms with Gasteiger partial charge in [0.2, 0.25) is 11.8 Å². The molecule has 3 amide bonds. The van der Waals surface area contributed by atoms with Crippen molar-refractivity contribution in [2.45, 2.75) is 133 Å². The van der Waals surface area contributed by atoms with Crippen LogP contribution in [0.3, 0.4) is 0 Å². The van der Waals surface area contributed by atoms with Crippen LogP contribution in [0.25, 0.3) is 44.0 Å². The van der Waals surface area contributed by atoms with Crippen LogP contribution < -0.4 is 20.6 Å². The highest BCUT2D eigenvalue weighted by atomic mass is 19.1. The fraction of sp³-hybridized carbons (Fsp3) is 0.542. The number of aryl methyl sites for hydroxylation is 2. The van der Waals surface area contributed by atoms with E-state index in [1.165, 1.54) is 34.5 Å². The number of aromatic nitrogens is 5. The summed E-state index contributed by atoms with van der Waals surface area (Å²) in [6.45, 7) is 9.00. The number of aromatic hydroxyl groups is 1. The van der Waals surface area contributed by atoms with E-state index < -0.39 is 29.2 Å². The number of piperidine rings is 3. The SMILES string of the molecule is CCc1c(F)ccc2cc(O)cc(-c3ncc4c(N5CCC[C@@](C)(O)C5)nc(OC[C@@]56CCCN5[C@H](COC(=O)N5CCC7(CC5)CC(N5CC(c8ccc9c(c8)n(C)c(=O)n9C8CCC(=O)NC8=O)C5)C7)CC6)nc4c3F)c12. The quantitative estimate of drug-likeness (QED) is 0.110. The van der Waals surface area contributed by atoms with Gasteiger partial charge in [-0.05, 0) is 148 Å². The first-order valence-electron chi connectivity index (χ1n) is 28.4. The van der Waals surface area contributed by atoms with E-state index in [9.17, 15) is 29.4 Å². The third-order valence-electron chi connectivity index (χ3n) is 19.2. The van der Waals surface area contributed by atoms with Crippen molar-refractivity contribution in [1.29, 1.82) is 0 Å². The number of hydrogen-bond acceptors (Lipinski definition) is 14. The molecule has 1 saturated carbocycles. The minimum absolute atomic E-state index is 0.0105. The number of ether oxygens (including phenoxy) is 2. The van der Waals surface area contributed by atoms with Gasteiger partial charge in [0.15, 0.2) is 5.82 Å². The maximum absolute atomic E-state index is 17.3. The molecule has 3 aromatic heterocycles. The van der Waals surface area contributed by atoms with E-state index >= 15 is 8.78 Å². The van der Waals surface area contributed by atoms with Gasteiger partial charge in [0.1, 0.15) is 47.9 Å². The lowest BCUT2D eigenvalue weighted by Crippen LogP contribution is -2.60. The standard InChI is InChI=1S/C59H68F2N10O8/c1-4-40-43(60)9-7-35-23-39(72)25-41(48(35)40)50-49(61)51-42(28-62-50)52(68-19-5-14-57(2,77)32-68)65-54(64-51)79-33-59-15-6-20-70(59)37(13-16-59)31-78-56(76)67-21-17-58(18-22-67)26-38(27-58)69-29-36(30-69)34-8-10-44-46(24-34)66(3)55(75)71(44)45-11-12-47(73)63-53(45)74/h7-10,23-25,28,36-38,45,72,77H,4-6,11-22,26-27,29-33H2,1-3H3,(H,63,73,74)/t37-,45?,57+,59-/m0/s1. The summed E-state index contributed by atoms with van der Waals surface area (Å²) in [4.78, 5) is 74.4. The van der Waals surface area contributed by atoms with Crippen LogP contribution in [0.5, 0.6) is 11.8 Å². The number of hydrogen-bond donors (Lipinski definition) is 3. The molecule has 4 atom stereocenters. The van der Waals surface area contributed by atoms with E-state index in [0.717, 1.165) is 76.5 Å². The minimum Gasteiger partial charge on any atom is -0.508 e. The van der Waals surface area contributed by atoms with E-state index in [-0.39, 0.29) is 89.4 Å². The fourth-order valence-electron chi connectivity index (χ4n) is 14.9. The number of carbonyl (C=O) groups excluding carboxylic acids is 3. The number of nitrogens with one attached hydrogen (secondary N) is 1. The fourth-order valence-corrected chi connectivity index (χ4v) is 14.9. The van der Waals surface area contributed by atoms with E-state index in [0.29, 0.717) is 90.3 Å². The lowest BCUT2D eigenvalue weighted by Gasteiger charge is -2.58. The Hall–Kier alpha value is -6.77. The summed E-state index contributed by atoms with van der Waals surface area (Å²) < 4.78 is 48.3. The molecule has 3 aromatic carbocycles. The monoisotopic (exact) mass is 1080 g/mol. The molecule has 18 nitrogen and oxygen atoms in total. The number of phenols is 1. The average molecular weight is 1080 g/mol. The van der Waals surface area contributed by atoms with Crippen LogP contribution >= 0.6 is 0 Å². The minimum atomic E-state index is -1.00. The van der Waals surface area contributed by atoms with E-state index in [2.05, 4.69) is 32.2 Å². The van der Waals surface area contributed by atoms with Crippen LogP contribution in [0.2, 0.25) is 0 Å². The van der Waals surface area contributed by atoms with E-state index in [1.54, 1.807) is 24.6 Å². The first-order valence-corrected chi connectivity index (χ1v) is 28.4. The Balaban J connectivity index is 0.632. The second-order valence-corrected chi connectivity index (χ2v) is 24.2. The highest BCUT2D eigenvalue weighted by Crippen LogP contribution is 2.53. The van der Waals surface area contributed by atoms with Crippen LogP contribution in [0.4, 0.5) is 19.4 Å². The zero-order valence-corrected chi connectivity index (χ0v) is 45.1. The highest BCUT2D eigenvalue weighted by molar-refractivity contribution is 6.02. The maximum atomic E-state index is 17.3. The molecule has 20 heteroatoms. The molecule has 13 rings (SSSR count). The topological polar surface area (TPSA) is 201 Å². The number of amides is 3. The Morgan fingerprint density at radius 1 is 0.924 bits per heavy atom. The van der Waals surface area contributed by atoms with E-state index in [4.69, 9.17) is 19.4 Å². The molecule has 6 aliphatic heterocycles. The van der Waals surface area contributed by atoms with Crippen LogP contribution in [-0.2, 0) is 27.8 Å². The number of carbonyl (C=O) groups is 3. The van der Waals surface area contributed by atoms with E-state index in [1.807, 2.05) is 22.8 Å². The summed E-state index contributed by atoms with van der Waals surface area (Å²) in [5.41, 5.74) is 1.78. The number of benzene rings is 3. The second kappa shape index (κ2) is 19.5. The predicted molar refractivity (Wildman–Crippen MR) is 291 cm³/mol. The maximum Gasteiger partial charge on any atom is 0.409 e. The zero-order chi connectivity index (χ0) is 54.7. The van der Waals surface area contributed by atoms with Crippen molar-refractivity contribution >= 4 is 56.4 Å². The van der Waals surface area contributed by atoms with Crippen LogP contribution in [-0.4, -0.2) is 149 Å². The van der Waals surface area contributed by atoms with Gasteiger partial charge < -0.3 is 29.5 Å². The Morgan fingerprint density at radius 2 is 1.72 bits per heavy atom. The first kappa shape index (κ1) is 51.7. The van der Waals surface area contributed by atoms with Gasteiger partial charge >= 0.3 is 17.8 Å². The number of imidazole rings is 1. The lowest BCUT2D eigenvalue weighted by atomic mass is 9.59. The van der Waals surface area contributed by atoms with Crippen LogP contribution in [0, 0.1) is 17.0 Å². The summed E-state index contributed by atoms with van der Waals surface area (Å²) in [5.74, 6) is -1.30. The Bertz CT molecular complexity index is 3530. The number of imide groups is 1. The number of nitrogens with zero attached hydrogens (tertiary/aromatic N) is 9. The summed E-state index contributed by atoms with van der Waals surface area (Å²) in [6, 6.07) is 11.7. The molecule has 7 fully saturated rings. The third-order valence-corrected chi connectivity index (χ3v) is 19.2. The largest absolute Gasteiger partial charge is 0.508 e. The average Bonchev–Trinajstić information content (AvgIpc) is 4.24. The number of likely N-dealkylation sites (tertiary alicyclic amines) is 2. The molecule has 9 heterocycles. The predicted octanol–water partition coefficient (Wildman–Crippen LogP) is 7.23. The molecule has 6 aromatic rings. The number of phenolic OH excluding ortho intramolecular Hbond substituents is 1. The van der Waals surface area contributed by atoms with Crippen LogP contribution in [0.15, 0.2) is 53.5 Å². The van der Waals surface area contributed by atoms with Gasteiger partial charge in [-0.25, -0.2) is 18.4 Å². The van der Waals surface area contributed by atoms with Gasteiger partial charge in [-0.3, -0.25) is 38.8 Å². The van der Waals surface area contributed by atoms with Crippen molar-refractivity contribution in [3.8, 4) is 23.0 Å². The van der Waals surface area contributed by atoms with Crippen LogP contribution in [0.1, 0.15) is 114 Å². The number of fused-ring (bicyclic) bond motifs is 4. The molecule has 79 heavy (non-hydrogen) atoms. The molecule has 1 unspecified atom stereocenters. The number of β-amino-alcohol motifs (C(OH)–C–C–N with tert-alkyl or cyclic N) is 1. The van der Waals surface area contributed by atoms with Crippen molar-refractivity contribution in [2.75, 3.05) is 63.9 Å². The van der Waals surface area contributed by atoms with Gasteiger partial charge in [-0.15, -0.1) is 0 Å². The zero-order valence-electron chi connectivity index (χ0n) is 45.1. The Morgan fingerprint density at radius 3 is 2.49 bits per heavy atom. The summed E-state index contributed by atoms with van der Waals surface area (Å²) in [5, 5.41) is 25.7. The van der Waals surface area contributed by atoms with Crippen molar-refractivity contribution in [3.05, 3.63) is 81.9 Å². The lowest BCUT2D eigenvalue weighted by molar-refractivity contribution is -0.135. The number of halogens is 2. The smallest absolute Gasteiger partial charge is 0.409 e. The Labute approximate surface area is 455 Å². The molecule has 0 radical (unpaired) electrons. The second-order valence-electron chi connectivity index (χ2n) is 24.2. The molecule has 416 valence electrons. The third kappa shape index (κ3) is 8.96. The normalized spacial score (nSPS) is 25.8. The van der Waals surface area contributed by atoms with Gasteiger partial charge in [-0.1, -0.05) is 19.1 Å². The molecule has 0 bridgehead atoms. The first-order chi connectivity index (χ1) is 38.0. The molecule has 3 N–H and O–H groups in total. The highest BCUT2D eigenvalue weighted by Gasteiger charge is 2.52. The summed E-state index contributed by atoms with van der Waals surface area (Å²) in [7, 11) is 1.73. The number of aliphatic hydroxyl groups is 1. The Kier molecular flexibility index (Phi) is 12.7. The molecule has 6 saturated heterocycles. The van der Waals surface area contributed by atoms with Crippen molar-refractivity contribution in [2.24, 2.45) is 12.5 Å². The number of pyridine rings is 1. The molecule has 7 aliphatic rings.